The molecule has 0 fully saturated rings. The van der Waals surface area contributed by atoms with E-state index in [4.69, 9.17) is 4.98 Å². The minimum atomic E-state index is 0.176. The van der Waals surface area contributed by atoms with Gasteiger partial charge in [0.05, 0.1) is 12.0 Å². The summed E-state index contributed by atoms with van der Waals surface area (Å²) in [5, 5.41) is 0.853. The van der Waals surface area contributed by atoms with Crippen LogP contribution in [0.5, 0.6) is 0 Å². The lowest BCUT2D eigenvalue weighted by Gasteiger charge is -2.18. The van der Waals surface area contributed by atoms with Gasteiger partial charge in [0.2, 0.25) is 0 Å². The van der Waals surface area contributed by atoms with Crippen molar-refractivity contribution in [2.75, 3.05) is 6.26 Å². The van der Waals surface area contributed by atoms with Crippen LogP contribution in [0.25, 0.3) is 0 Å². The Hall–Kier alpha value is -1.56. The third kappa shape index (κ3) is 3.05. The van der Waals surface area contributed by atoms with E-state index in [-0.39, 0.29) is 5.56 Å². The van der Waals surface area contributed by atoms with Gasteiger partial charge in [-0.2, -0.15) is 0 Å². The molecule has 1 aliphatic carbocycles. The van der Waals surface area contributed by atoms with E-state index in [1.165, 1.54) is 0 Å². The van der Waals surface area contributed by atoms with Crippen LogP contribution in [0.15, 0.2) is 28.7 Å². The summed E-state index contributed by atoms with van der Waals surface area (Å²) in [5.74, 6) is 0. The Morgan fingerprint density at radius 3 is 2.90 bits per heavy atom. The van der Waals surface area contributed by atoms with Crippen LogP contribution < -0.4 is 5.56 Å². The monoisotopic (exact) mass is 304 g/mol. The largest absolute Gasteiger partial charge is 0.337 e. The highest BCUT2D eigenvalue weighted by molar-refractivity contribution is 7.98. The quantitative estimate of drug-likeness (QED) is 0.627. The van der Waals surface area contributed by atoms with Gasteiger partial charge >= 0.3 is 0 Å². The van der Waals surface area contributed by atoms with E-state index in [1.807, 2.05) is 27.9 Å². The molecule has 2 aromatic rings. The van der Waals surface area contributed by atoms with Gasteiger partial charge < -0.3 is 4.57 Å². The van der Waals surface area contributed by atoms with Crippen LogP contribution in [0, 0.1) is 0 Å². The predicted molar refractivity (Wildman–Crippen MR) is 83.8 cm³/mol. The molecule has 0 unspecified atom stereocenters. The maximum atomic E-state index is 12.7. The molecule has 3 rings (SSSR count). The molecule has 0 aromatic carbocycles. The first-order chi connectivity index (χ1) is 10.3. The molecule has 112 valence electrons. The first kappa shape index (κ1) is 14.4. The van der Waals surface area contributed by atoms with Crippen LogP contribution in [-0.4, -0.2) is 25.4 Å². The lowest BCUT2D eigenvalue weighted by molar-refractivity contribution is 0.497. The van der Waals surface area contributed by atoms with Gasteiger partial charge in [-0.25, -0.2) is 9.97 Å². The standard InChI is InChI=1S/C15H20N4OS/c1-21-15-17-13-6-3-2-5-12(13)14(20)19(15)9-4-8-18-10-7-16-11-18/h7,10-11H,2-6,8-9H2,1H3. The van der Waals surface area contributed by atoms with Gasteiger partial charge in [-0.05, 0) is 38.4 Å². The summed E-state index contributed by atoms with van der Waals surface area (Å²) in [6.07, 6.45) is 12.5. The van der Waals surface area contributed by atoms with E-state index >= 15 is 0 Å². The summed E-state index contributed by atoms with van der Waals surface area (Å²) in [5.41, 5.74) is 2.15. The highest BCUT2D eigenvalue weighted by atomic mass is 32.2. The van der Waals surface area contributed by atoms with Gasteiger partial charge in [0, 0.05) is 31.0 Å². The average molecular weight is 304 g/mol. The highest BCUT2D eigenvalue weighted by Crippen LogP contribution is 2.20. The zero-order chi connectivity index (χ0) is 14.7. The van der Waals surface area contributed by atoms with Gasteiger partial charge in [-0.1, -0.05) is 11.8 Å². The third-order valence-corrected chi connectivity index (χ3v) is 4.62. The number of thioether (sulfide) groups is 1. The van der Waals surface area contributed by atoms with E-state index < -0.39 is 0 Å². The summed E-state index contributed by atoms with van der Waals surface area (Å²) in [7, 11) is 0. The minimum absolute atomic E-state index is 0.176. The lowest BCUT2D eigenvalue weighted by Crippen LogP contribution is -2.30. The number of nitrogens with zero attached hydrogens (tertiary/aromatic N) is 4. The smallest absolute Gasteiger partial charge is 0.257 e. The predicted octanol–water partition coefficient (Wildman–Crippen LogP) is 2.13. The summed E-state index contributed by atoms with van der Waals surface area (Å²) in [4.78, 5) is 21.4. The number of fused-ring (bicyclic) bond motifs is 1. The molecule has 6 heteroatoms. The van der Waals surface area contributed by atoms with Crippen LogP contribution in [0.2, 0.25) is 0 Å². The first-order valence-corrected chi connectivity index (χ1v) is 8.64. The molecule has 0 aliphatic heterocycles. The highest BCUT2D eigenvalue weighted by Gasteiger charge is 2.18. The fourth-order valence-corrected chi connectivity index (χ4v) is 3.45. The van der Waals surface area contributed by atoms with Gasteiger partial charge in [-0.15, -0.1) is 0 Å². The Balaban J connectivity index is 1.81. The summed E-state index contributed by atoms with van der Waals surface area (Å²) >= 11 is 1.56. The number of rotatable bonds is 5. The number of imidazole rings is 1. The zero-order valence-corrected chi connectivity index (χ0v) is 13.1. The third-order valence-electron chi connectivity index (χ3n) is 3.94. The van der Waals surface area contributed by atoms with Gasteiger partial charge in [-0.3, -0.25) is 9.36 Å². The molecule has 0 spiro atoms. The fourth-order valence-electron chi connectivity index (χ4n) is 2.85. The van der Waals surface area contributed by atoms with Crippen molar-refractivity contribution < 1.29 is 0 Å². The maximum absolute atomic E-state index is 12.7. The molecule has 1 aliphatic rings. The van der Waals surface area contributed by atoms with Gasteiger partial charge in [0.1, 0.15) is 0 Å². The number of aryl methyl sites for hydroxylation is 2. The van der Waals surface area contributed by atoms with Crippen LogP contribution >= 0.6 is 11.8 Å². The first-order valence-electron chi connectivity index (χ1n) is 7.42. The normalized spacial score (nSPS) is 14.1. The second-order valence-corrected chi connectivity index (χ2v) is 6.12. The summed E-state index contributed by atoms with van der Waals surface area (Å²) in [6.45, 7) is 1.59. The summed E-state index contributed by atoms with van der Waals surface area (Å²) < 4.78 is 3.89. The molecular formula is C15H20N4OS. The Morgan fingerprint density at radius 2 is 2.14 bits per heavy atom. The van der Waals surface area contributed by atoms with Crippen LogP contribution in [0.4, 0.5) is 0 Å². The molecule has 21 heavy (non-hydrogen) atoms. The van der Waals surface area contributed by atoms with E-state index in [1.54, 1.807) is 18.0 Å². The van der Waals surface area contributed by atoms with Gasteiger partial charge in [0.15, 0.2) is 5.16 Å². The maximum Gasteiger partial charge on any atom is 0.257 e. The molecular weight excluding hydrogens is 284 g/mol. The Morgan fingerprint density at radius 1 is 1.29 bits per heavy atom. The molecule has 0 amide bonds. The number of hydrogen-bond acceptors (Lipinski definition) is 4. The Bertz CT molecular complexity index is 663. The molecule has 0 bridgehead atoms. The zero-order valence-electron chi connectivity index (χ0n) is 12.3. The van der Waals surface area contributed by atoms with Crippen molar-refractivity contribution in [1.29, 1.82) is 0 Å². The van der Waals surface area contributed by atoms with Crippen molar-refractivity contribution in [2.24, 2.45) is 0 Å². The molecule has 0 N–H and O–H groups in total. The van der Waals surface area contributed by atoms with Crippen molar-refractivity contribution in [3.05, 3.63) is 40.3 Å². The SMILES string of the molecule is CSc1nc2c(c(=O)n1CCCn1ccnc1)CCCC2. The molecule has 0 radical (unpaired) electrons. The number of hydrogen-bond donors (Lipinski definition) is 0. The van der Waals surface area contributed by atoms with Crippen LogP contribution in [0.1, 0.15) is 30.5 Å². The van der Waals surface area contributed by atoms with E-state index in [0.717, 1.165) is 55.1 Å². The van der Waals surface area contributed by atoms with Crippen LogP contribution in [-0.2, 0) is 25.9 Å². The van der Waals surface area contributed by atoms with Crippen molar-refractivity contribution >= 4 is 11.8 Å². The molecule has 0 saturated carbocycles. The van der Waals surface area contributed by atoms with E-state index in [9.17, 15) is 4.79 Å². The van der Waals surface area contributed by atoms with E-state index in [0.29, 0.717) is 6.54 Å². The van der Waals surface area contributed by atoms with Crippen molar-refractivity contribution in [2.45, 2.75) is 50.4 Å². The molecule has 5 nitrogen and oxygen atoms in total. The second kappa shape index (κ2) is 6.47. The molecule has 0 atom stereocenters. The number of aromatic nitrogens is 4. The van der Waals surface area contributed by atoms with E-state index in [2.05, 4.69) is 4.98 Å². The topological polar surface area (TPSA) is 52.7 Å². The van der Waals surface area contributed by atoms with Crippen LogP contribution in [0.3, 0.4) is 0 Å². The van der Waals surface area contributed by atoms with Crippen molar-refractivity contribution in [1.82, 2.24) is 19.1 Å². The molecule has 2 aromatic heterocycles. The molecule has 0 saturated heterocycles. The van der Waals surface area contributed by atoms with Gasteiger partial charge in [0.25, 0.3) is 5.56 Å². The minimum Gasteiger partial charge on any atom is -0.337 e. The van der Waals surface area contributed by atoms with Crippen molar-refractivity contribution in [3.8, 4) is 0 Å². The second-order valence-electron chi connectivity index (χ2n) is 5.34. The summed E-state index contributed by atoms with van der Waals surface area (Å²) in [6, 6.07) is 0. The lowest BCUT2D eigenvalue weighted by atomic mass is 9.97. The Labute approximate surface area is 128 Å². The Kier molecular flexibility index (Phi) is 4.43. The fraction of sp³-hybridized carbons (Fsp3) is 0.533. The van der Waals surface area contributed by atoms with Crippen molar-refractivity contribution in [3.63, 3.8) is 0 Å². The molecule has 2 heterocycles. The average Bonchev–Trinajstić information content (AvgIpc) is 3.02.